The van der Waals surface area contributed by atoms with Crippen molar-refractivity contribution in [2.45, 2.75) is 24.2 Å². The first-order chi connectivity index (χ1) is 16.2. The van der Waals surface area contributed by atoms with Crippen molar-refractivity contribution in [1.29, 1.82) is 0 Å². The number of hydrogen-bond donors (Lipinski definition) is 0. The predicted octanol–water partition coefficient (Wildman–Crippen LogP) is 4.27. The number of rotatable bonds is 6. The molecule has 34 heavy (non-hydrogen) atoms. The van der Waals surface area contributed by atoms with Gasteiger partial charge in [0.1, 0.15) is 17.2 Å². The first kappa shape index (κ1) is 24.5. The van der Waals surface area contributed by atoms with Crippen molar-refractivity contribution in [3.63, 3.8) is 0 Å². The zero-order chi connectivity index (χ0) is 24.3. The Morgan fingerprint density at radius 2 is 1.76 bits per heavy atom. The Kier molecular flexibility index (Phi) is 7.44. The summed E-state index contributed by atoms with van der Waals surface area (Å²) in [5.74, 6) is -0.857. The lowest BCUT2D eigenvalue weighted by molar-refractivity contribution is -0.136. The summed E-state index contributed by atoms with van der Waals surface area (Å²) < 4.78 is 31.3. The predicted molar refractivity (Wildman–Crippen MR) is 132 cm³/mol. The van der Waals surface area contributed by atoms with Gasteiger partial charge in [-0.3, -0.25) is 19.3 Å². The van der Waals surface area contributed by atoms with Crippen LogP contribution in [0.2, 0.25) is 0 Å². The molecule has 2 heterocycles. The van der Waals surface area contributed by atoms with Gasteiger partial charge in [-0.2, -0.15) is 8.42 Å². The summed E-state index contributed by atoms with van der Waals surface area (Å²) >= 11 is 4.03. The van der Waals surface area contributed by atoms with Crippen molar-refractivity contribution in [1.82, 2.24) is 9.80 Å². The fourth-order valence-electron chi connectivity index (χ4n) is 3.62. The van der Waals surface area contributed by atoms with Crippen molar-refractivity contribution in [3.8, 4) is 5.75 Å². The van der Waals surface area contributed by atoms with Crippen LogP contribution in [0.1, 0.15) is 24.8 Å². The van der Waals surface area contributed by atoms with Crippen LogP contribution in [0, 0.1) is 0 Å². The molecule has 178 valence electrons. The maximum Gasteiger partial charge on any atom is 0.339 e. The normalized spacial score (nSPS) is 18.0. The molecule has 2 aliphatic heterocycles. The van der Waals surface area contributed by atoms with E-state index in [1.807, 2.05) is 0 Å². The van der Waals surface area contributed by atoms with E-state index in [1.54, 1.807) is 35.2 Å². The van der Waals surface area contributed by atoms with Gasteiger partial charge in [0.2, 0.25) is 5.91 Å². The van der Waals surface area contributed by atoms with E-state index in [0.717, 1.165) is 24.2 Å². The summed E-state index contributed by atoms with van der Waals surface area (Å²) in [6.45, 7) is 0.936. The Morgan fingerprint density at radius 1 is 1.06 bits per heavy atom. The third-order valence-corrected chi connectivity index (χ3v) is 8.01. The molecule has 2 aromatic carbocycles. The highest BCUT2D eigenvalue weighted by atomic mass is 79.9. The van der Waals surface area contributed by atoms with Crippen LogP contribution in [0.3, 0.4) is 0 Å². The summed E-state index contributed by atoms with van der Waals surface area (Å²) in [7, 11) is -4.11. The topological polar surface area (TPSA) is 101 Å². The van der Waals surface area contributed by atoms with E-state index in [9.17, 15) is 22.8 Å². The molecule has 11 heteroatoms. The van der Waals surface area contributed by atoms with Crippen LogP contribution in [-0.2, 0) is 19.7 Å². The van der Waals surface area contributed by atoms with Crippen molar-refractivity contribution < 1.29 is 27.0 Å². The van der Waals surface area contributed by atoms with Gasteiger partial charge in [0.05, 0.1) is 4.91 Å². The Labute approximate surface area is 210 Å². The number of imide groups is 1. The molecule has 2 aliphatic rings. The molecular weight excluding hydrogens is 544 g/mol. The minimum atomic E-state index is -4.11. The molecule has 3 amide bonds. The highest BCUT2D eigenvalue weighted by Gasteiger charge is 2.37. The van der Waals surface area contributed by atoms with Gasteiger partial charge in [-0.1, -0.05) is 34.1 Å². The Hall–Kier alpha value is -2.63. The van der Waals surface area contributed by atoms with Gasteiger partial charge in [0, 0.05) is 23.1 Å². The molecule has 8 nitrogen and oxygen atoms in total. The maximum absolute atomic E-state index is 12.9. The second-order valence-electron chi connectivity index (χ2n) is 7.74. The number of halogens is 1. The zero-order valence-electron chi connectivity index (χ0n) is 18.0. The Balaban J connectivity index is 1.57. The summed E-state index contributed by atoms with van der Waals surface area (Å²) in [6, 6.07) is 12.3. The second-order valence-corrected chi connectivity index (χ2v) is 11.2. The number of carbonyl (C=O) groups is 3. The van der Waals surface area contributed by atoms with E-state index in [0.29, 0.717) is 34.9 Å². The maximum atomic E-state index is 12.9. The van der Waals surface area contributed by atoms with E-state index in [4.69, 9.17) is 4.18 Å². The molecule has 0 unspecified atom stereocenters. The van der Waals surface area contributed by atoms with E-state index < -0.39 is 21.3 Å². The van der Waals surface area contributed by atoms with Crippen LogP contribution in [0.15, 0.2) is 62.8 Å². The highest BCUT2D eigenvalue weighted by Crippen LogP contribution is 2.35. The van der Waals surface area contributed by atoms with Crippen molar-refractivity contribution in [3.05, 3.63) is 63.5 Å². The number of amides is 3. The first-order valence-electron chi connectivity index (χ1n) is 10.6. The number of nitrogens with zero attached hydrogens (tertiary/aromatic N) is 2. The summed E-state index contributed by atoms with van der Waals surface area (Å²) in [6.07, 6.45) is 4.28. The lowest BCUT2D eigenvalue weighted by atomic mass is 10.1. The second kappa shape index (κ2) is 10.3. The number of thioether (sulfide) groups is 1. The molecule has 0 bridgehead atoms. The summed E-state index contributed by atoms with van der Waals surface area (Å²) in [5.41, 5.74) is 0.293. The molecule has 2 saturated heterocycles. The van der Waals surface area contributed by atoms with E-state index in [1.165, 1.54) is 24.3 Å². The smallest absolute Gasteiger partial charge is 0.339 e. The lowest BCUT2D eigenvalue weighted by Crippen LogP contribution is -2.44. The van der Waals surface area contributed by atoms with Crippen LogP contribution >= 0.6 is 27.7 Å². The van der Waals surface area contributed by atoms with Crippen molar-refractivity contribution in [2.24, 2.45) is 0 Å². The Bertz CT molecular complexity index is 1260. The van der Waals surface area contributed by atoms with Crippen LogP contribution in [0.5, 0.6) is 5.75 Å². The summed E-state index contributed by atoms with van der Waals surface area (Å²) in [4.78, 5) is 40.6. The molecule has 0 saturated carbocycles. The SMILES string of the molecule is O=C(CN1C(=O)S/C(=C\c2cc(Br)ccc2OS(=O)(=O)c2ccccc2)C1=O)N1CCCCC1. The molecule has 0 aromatic heterocycles. The van der Waals surface area contributed by atoms with Crippen molar-refractivity contribution >= 4 is 60.9 Å². The Morgan fingerprint density at radius 3 is 2.47 bits per heavy atom. The van der Waals surface area contributed by atoms with E-state index in [2.05, 4.69) is 15.9 Å². The highest BCUT2D eigenvalue weighted by molar-refractivity contribution is 9.10. The summed E-state index contributed by atoms with van der Waals surface area (Å²) in [5, 5.41) is -0.545. The fraction of sp³-hybridized carbons (Fsp3) is 0.261. The lowest BCUT2D eigenvalue weighted by Gasteiger charge is -2.27. The molecule has 0 spiro atoms. The monoisotopic (exact) mass is 564 g/mol. The van der Waals surface area contributed by atoms with Gasteiger partial charge < -0.3 is 9.08 Å². The van der Waals surface area contributed by atoms with Crippen LogP contribution < -0.4 is 4.18 Å². The molecule has 2 aromatic rings. The zero-order valence-corrected chi connectivity index (χ0v) is 21.2. The molecule has 0 N–H and O–H groups in total. The number of likely N-dealkylation sites (tertiary alicyclic amines) is 1. The minimum absolute atomic E-state index is 0.00300. The average Bonchev–Trinajstić information content (AvgIpc) is 3.09. The van der Waals surface area contributed by atoms with Gasteiger partial charge in [-0.05, 0) is 67.4 Å². The van der Waals surface area contributed by atoms with E-state index >= 15 is 0 Å². The first-order valence-corrected chi connectivity index (χ1v) is 13.6. The van der Waals surface area contributed by atoms with Gasteiger partial charge in [0.25, 0.3) is 11.1 Å². The largest absolute Gasteiger partial charge is 0.378 e. The standard InChI is InChI=1S/C23H21BrN2O6S2/c24-17-9-10-19(32-34(30,31)18-7-3-1-4-8-18)16(13-17)14-20-22(28)26(23(29)33-20)15-21(27)25-11-5-2-6-12-25/h1,3-4,7-10,13-14H,2,5-6,11-12,15H2/b20-14-. The minimum Gasteiger partial charge on any atom is -0.378 e. The molecule has 2 fully saturated rings. The average molecular weight is 565 g/mol. The van der Waals surface area contributed by atoms with E-state index in [-0.39, 0.29) is 28.0 Å². The van der Waals surface area contributed by atoms with Crippen LogP contribution in [0.4, 0.5) is 4.79 Å². The van der Waals surface area contributed by atoms with Crippen LogP contribution in [-0.4, -0.2) is 54.9 Å². The van der Waals surface area contributed by atoms with Gasteiger partial charge in [-0.25, -0.2) is 0 Å². The third kappa shape index (κ3) is 5.53. The molecule has 0 atom stereocenters. The number of hydrogen-bond acceptors (Lipinski definition) is 7. The third-order valence-electron chi connectivity index (χ3n) is 5.37. The molecule has 0 radical (unpaired) electrons. The number of carbonyl (C=O) groups excluding carboxylic acids is 3. The molecule has 0 aliphatic carbocycles. The molecular formula is C23H21BrN2O6S2. The van der Waals surface area contributed by atoms with Crippen molar-refractivity contribution in [2.75, 3.05) is 19.6 Å². The molecule has 4 rings (SSSR count). The fourth-order valence-corrected chi connectivity index (χ4v) is 5.80. The van der Waals surface area contributed by atoms with Gasteiger partial charge in [0.15, 0.2) is 0 Å². The van der Waals surface area contributed by atoms with Crippen LogP contribution in [0.25, 0.3) is 6.08 Å². The quantitative estimate of drug-likeness (QED) is 0.381. The van der Waals surface area contributed by atoms with Gasteiger partial charge in [-0.15, -0.1) is 0 Å². The van der Waals surface area contributed by atoms with Gasteiger partial charge >= 0.3 is 10.1 Å². The number of benzene rings is 2. The number of piperidine rings is 1.